The standard InChI is InChI=1S/C42H25NO.C6H8/c1-6-12-39-29(7-1)25-40(44-39)34-22-16-28-17-23-35-31(21-15-27-18-24-36(34)42(28)41(27)35)26-13-19-30(20-14-26)43-37-10-4-2-8-32(37)33-9-3-5-11-38(33)43;1-2-4-6-5-3-1/h1-25H;1-4H,5-6H2. The van der Waals surface area contributed by atoms with Crippen molar-refractivity contribution in [2.45, 2.75) is 12.8 Å². The lowest BCUT2D eigenvalue weighted by Gasteiger charge is -2.16. The van der Waals surface area contributed by atoms with Crippen molar-refractivity contribution < 1.29 is 4.42 Å². The van der Waals surface area contributed by atoms with Crippen LogP contribution in [0.4, 0.5) is 0 Å². The second-order valence-electron chi connectivity index (χ2n) is 13.1. The van der Waals surface area contributed by atoms with Crippen molar-refractivity contribution in [1.29, 1.82) is 0 Å². The van der Waals surface area contributed by atoms with Crippen molar-refractivity contribution in [3.05, 3.63) is 176 Å². The average molecular weight is 640 g/mol. The summed E-state index contributed by atoms with van der Waals surface area (Å²) in [4.78, 5) is 0. The van der Waals surface area contributed by atoms with E-state index in [2.05, 4.69) is 168 Å². The first-order valence-corrected chi connectivity index (χ1v) is 17.4. The number of rotatable bonds is 3. The number of hydrogen-bond acceptors (Lipinski definition) is 1. The molecule has 50 heavy (non-hydrogen) atoms. The van der Waals surface area contributed by atoms with Crippen LogP contribution in [0.15, 0.2) is 180 Å². The van der Waals surface area contributed by atoms with Crippen LogP contribution in [-0.4, -0.2) is 4.57 Å². The molecular formula is C48H33NO. The van der Waals surface area contributed by atoms with Gasteiger partial charge in [-0.1, -0.05) is 133 Å². The van der Waals surface area contributed by atoms with Gasteiger partial charge in [-0.3, -0.25) is 0 Å². The molecule has 0 unspecified atom stereocenters. The third-order valence-corrected chi connectivity index (χ3v) is 10.3. The van der Waals surface area contributed by atoms with Crippen LogP contribution in [0, 0.1) is 0 Å². The molecular weight excluding hydrogens is 607 g/mol. The SMILES string of the molecule is C1=CCCC=C1.c1ccc2oc(-c3ccc4ccc5c(-c6ccc(-n7c8ccccc8c8ccccc87)cc6)ccc6ccc3c4c65)cc2c1. The van der Waals surface area contributed by atoms with Gasteiger partial charge < -0.3 is 8.98 Å². The van der Waals surface area contributed by atoms with Gasteiger partial charge in [0.1, 0.15) is 11.3 Å². The van der Waals surface area contributed by atoms with E-state index in [1.165, 1.54) is 83.8 Å². The number of hydrogen-bond donors (Lipinski definition) is 0. The van der Waals surface area contributed by atoms with Gasteiger partial charge in [-0.15, -0.1) is 0 Å². The molecule has 11 rings (SSSR count). The van der Waals surface area contributed by atoms with E-state index in [1.807, 2.05) is 12.1 Å². The van der Waals surface area contributed by atoms with E-state index in [0.29, 0.717) is 0 Å². The molecule has 0 aliphatic heterocycles. The summed E-state index contributed by atoms with van der Waals surface area (Å²) in [5.74, 6) is 0.907. The van der Waals surface area contributed by atoms with E-state index < -0.39 is 0 Å². The first kappa shape index (κ1) is 28.6. The third kappa shape index (κ3) is 4.57. The number of allylic oxidation sites excluding steroid dienone is 4. The van der Waals surface area contributed by atoms with Gasteiger partial charge in [0.05, 0.1) is 11.0 Å². The summed E-state index contributed by atoms with van der Waals surface area (Å²) in [7, 11) is 0. The zero-order valence-corrected chi connectivity index (χ0v) is 27.5. The Morgan fingerprint density at radius 2 is 1.00 bits per heavy atom. The molecule has 8 aromatic carbocycles. The summed E-state index contributed by atoms with van der Waals surface area (Å²) in [6.45, 7) is 0. The highest BCUT2D eigenvalue weighted by molar-refractivity contribution is 6.27. The third-order valence-electron chi connectivity index (χ3n) is 10.3. The largest absolute Gasteiger partial charge is 0.456 e. The minimum absolute atomic E-state index is 0.907. The molecule has 10 aromatic rings. The molecule has 0 saturated carbocycles. The number of aromatic nitrogens is 1. The molecule has 2 nitrogen and oxygen atoms in total. The summed E-state index contributed by atoms with van der Waals surface area (Å²) in [5.41, 5.74) is 8.12. The van der Waals surface area contributed by atoms with E-state index >= 15 is 0 Å². The van der Waals surface area contributed by atoms with Crippen molar-refractivity contribution in [3.8, 4) is 28.1 Å². The molecule has 2 aromatic heterocycles. The van der Waals surface area contributed by atoms with Crippen LogP contribution < -0.4 is 0 Å². The number of para-hydroxylation sites is 3. The van der Waals surface area contributed by atoms with Crippen LogP contribution in [0.2, 0.25) is 0 Å². The van der Waals surface area contributed by atoms with Crippen LogP contribution in [0.5, 0.6) is 0 Å². The van der Waals surface area contributed by atoms with Gasteiger partial charge in [-0.2, -0.15) is 0 Å². The molecule has 0 amide bonds. The lowest BCUT2D eigenvalue weighted by molar-refractivity contribution is 0.632. The quantitative estimate of drug-likeness (QED) is 0.176. The molecule has 0 atom stereocenters. The lowest BCUT2D eigenvalue weighted by atomic mass is 9.88. The normalized spacial score (nSPS) is 12.9. The summed E-state index contributed by atoms with van der Waals surface area (Å²) < 4.78 is 8.70. The summed E-state index contributed by atoms with van der Waals surface area (Å²) in [6.07, 6.45) is 11.0. The minimum atomic E-state index is 0.907. The van der Waals surface area contributed by atoms with Crippen LogP contribution in [0.1, 0.15) is 12.8 Å². The van der Waals surface area contributed by atoms with Crippen LogP contribution in [-0.2, 0) is 0 Å². The average Bonchev–Trinajstić information content (AvgIpc) is 3.77. The Morgan fingerprint density at radius 3 is 1.62 bits per heavy atom. The summed E-state index contributed by atoms with van der Waals surface area (Å²) in [6, 6.07) is 54.8. The van der Waals surface area contributed by atoms with Gasteiger partial charge in [-0.25, -0.2) is 0 Å². The fraction of sp³-hybridized carbons (Fsp3) is 0.0417. The smallest absolute Gasteiger partial charge is 0.136 e. The Hall–Kier alpha value is -6.38. The van der Waals surface area contributed by atoms with Gasteiger partial charge in [0.25, 0.3) is 0 Å². The van der Waals surface area contributed by atoms with Crippen molar-refractivity contribution in [3.63, 3.8) is 0 Å². The van der Waals surface area contributed by atoms with Crippen LogP contribution in [0.25, 0.3) is 93.2 Å². The molecule has 0 spiro atoms. The summed E-state index contributed by atoms with van der Waals surface area (Å²) in [5, 5.41) is 11.3. The molecule has 0 N–H and O–H groups in total. The van der Waals surface area contributed by atoms with Gasteiger partial charge in [0.15, 0.2) is 0 Å². The fourth-order valence-corrected chi connectivity index (χ4v) is 7.92. The highest BCUT2D eigenvalue weighted by Gasteiger charge is 2.17. The maximum atomic E-state index is 6.33. The molecule has 0 fully saturated rings. The van der Waals surface area contributed by atoms with E-state index in [-0.39, 0.29) is 0 Å². The Kier molecular flexibility index (Phi) is 6.67. The number of fused-ring (bicyclic) bond motifs is 4. The predicted octanol–water partition coefficient (Wildman–Crippen LogP) is 13.7. The summed E-state index contributed by atoms with van der Waals surface area (Å²) >= 11 is 0. The van der Waals surface area contributed by atoms with Gasteiger partial charge in [0.2, 0.25) is 0 Å². The molecule has 0 radical (unpaired) electrons. The van der Waals surface area contributed by atoms with E-state index in [9.17, 15) is 0 Å². The maximum absolute atomic E-state index is 6.33. The fourth-order valence-electron chi connectivity index (χ4n) is 7.92. The van der Waals surface area contributed by atoms with Crippen LogP contribution in [0.3, 0.4) is 0 Å². The molecule has 2 heterocycles. The monoisotopic (exact) mass is 639 g/mol. The van der Waals surface area contributed by atoms with Crippen molar-refractivity contribution in [1.82, 2.24) is 4.57 Å². The van der Waals surface area contributed by atoms with Crippen molar-refractivity contribution in [2.24, 2.45) is 0 Å². The predicted molar refractivity (Wildman–Crippen MR) is 213 cm³/mol. The zero-order valence-electron chi connectivity index (χ0n) is 27.5. The first-order chi connectivity index (χ1) is 24.8. The second kappa shape index (κ2) is 11.6. The number of benzene rings is 8. The van der Waals surface area contributed by atoms with Crippen molar-refractivity contribution >= 4 is 65.1 Å². The van der Waals surface area contributed by atoms with Gasteiger partial charge in [-0.05, 0) is 98.8 Å². The lowest BCUT2D eigenvalue weighted by Crippen LogP contribution is -1.94. The molecule has 0 bridgehead atoms. The van der Waals surface area contributed by atoms with E-state index in [0.717, 1.165) is 22.3 Å². The number of nitrogens with zero attached hydrogens (tertiary/aromatic N) is 1. The van der Waals surface area contributed by atoms with E-state index in [1.54, 1.807) is 0 Å². The minimum Gasteiger partial charge on any atom is -0.456 e. The number of furan rings is 1. The topological polar surface area (TPSA) is 18.1 Å². The van der Waals surface area contributed by atoms with Gasteiger partial charge in [0, 0.05) is 27.4 Å². The Bertz CT molecular complexity index is 2820. The van der Waals surface area contributed by atoms with Crippen LogP contribution >= 0.6 is 0 Å². The Balaban J connectivity index is 0.000000481. The molecule has 1 aliphatic rings. The van der Waals surface area contributed by atoms with Crippen molar-refractivity contribution in [2.75, 3.05) is 0 Å². The highest BCUT2D eigenvalue weighted by atomic mass is 16.3. The molecule has 0 saturated heterocycles. The Labute approximate surface area is 290 Å². The highest BCUT2D eigenvalue weighted by Crippen LogP contribution is 2.43. The molecule has 2 heteroatoms. The van der Waals surface area contributed by atoms with E-state index in [4.69, 9.17) is 4.42 Å². The molecule has 1 aliphatic carbocycles. The van der Waals surface area contributed by atoms with Gasteiger partial charge >= 0.3 is 0 Å². The molecule has 236 valence electrons. The second-order valence-corrected chi connectivity index (χ2v) is 13.1. The Morgan fingerprint density at radius 1 is 0.440 bits per heavy atom. The zero-order chi connectivity index (χ0) is 33.0. The first-order valence-electron chi connectivity index (χ1n) is 17.4. The maximum Gasteiger partial charge on any atom is 0.136 e.